The zero-order valence-corrected chi connectivity index (χ0v) is 23.5. The van der Waals surface area contributed by atoms with Crippen LogP contribution in [-0.4, -0.2) is 80.2 Å². The summed E-state index contributed by atoms with van der Waals surface area (Å²) < 4.78 is 19.0. The van der Waals surface area contributed by atoms with Gasteiger partial charge in [0.05, 0.1) is 47.0 Å². The molecule has 4 heterocycles. The van der Waals surface area contributed by atoms with Gasteiger partial charge in [-0.15, -0.1) is 0 Å². The summed E-state index contributed by atoms with van der Waals surface area (Å²) >= 11 is 12.1. The Bertz CT molecular complexity index is 1590. The molecule has 1 amide bonds. The quantitative estimate of drug-likeness (QED) is 0.299. The first-order chi connectivity index (χ1) is 19.8. The fourth-order valence-electron chi connectivity index (χ4n) is 4.93. The molecular formula is C28H27Cl2N5O6. The van der Waals surface area contributed by atoms with E-state index in [9.17, 15) is 14.7 Å². The number of carbonyl (C=O) groups excluding carboxylic acids is 1. The van der Waals surface area contributed by atoms with Crippen LogP contribution in [-0.2, 0) is 24.4 Å². The summed E-state index contributed by atoms with van der Waals surface area (Å²) in [5.41, 5.74) is 1.76. The molecule has 6 rings (SSSR count). The van der Waals surface area contributed by atoms with Gasteiger partial charge in [-0.1, -0.05) is 23.2 Å². The predicted octanol–water partition coefficient (Wildman–Crippen LogP) is 4.36. The van der Waals surface area contributed by atoms with Crippen LogP contribution < -0.4 is 4.74 Å². The number of rotatable bonds is 9. The van der Waals surface area contributed by atoms with Gasteiger partial charge in [-0.3, -0.25) is 9.69 Å². The molecule has 41 heavy (non-hydrogen) atoms. The van der Waals surface area contributed by atoms with Gasteiger partial charge in [0.1, 0.15) is 11.6 Å². The standard InChI is InChI=1S/C28H27Cl2N5O6/c29-18-2-4-23(20(30)12-18)40-16-26-31-13-24(41-26)27(36)34-8-6-33(7-9-34)15-25-32-21-3-1-17(28(37)38)11-22(21)35(25)14-19-5-10-39-19/h1-4,11-13,19H,5-10,14-16H2,(H,37,38). The van der Waals surface area contributed by atoms with Gasteiger partial charge in [-0.2, -0.15) is 0 Å². The third-order valence-electron chi connectivity index (χ3n) is 7.29. The average molecular weight is 600 g/mol. The number of amides is 1. The molecule has 13 heteroatoms. The molecule has 1 N–H and O–H groups in total. The summed E-state index contributed by atoms with van der Waals surface area (Å²) in [4.78, 5) is 37.6. The first kappa shape index (κ1) is 27.5. The van der Waals surface area contributed by atoms with Crippen molar-refractivity contribution in [2.45, 2.75) is 32.2 Å². The first-order valence-electron chi connectivity index (χ1n) is 13.2. The van der Waals surface area contributed by atoms with E-state index in [-0.39, 0.29) is 35.8 Å². The van der Waals surface area contributed by atoms with E-state index in [4.69, 9.17) is 42.1 Å². The van der Waals surface area contributed by atoms with Crippen LogP contribution in [0, 0.1) is 0 Å². The number of carboxylic acids is 1. The van der Waals surface area contributed by atoms with Gasteiger partial charge in [0.25, 0.3) is 5.91 Å². The van der Waals surface area contributed by atoms with Crippen molar-refractivity contribution < 1.29 is 28.6 Å². The molecule has 2 aliphatic heterocycles. The third-order valence-corrected chi connectivity index (χ3v) is 7.82. The molecular weight excluding hydrogens is 573 g/mol. The number of carboxylic acid groups (broad SMARTS) is 1. The number of oxazole rings is 1. The number of imidazole rings is 1. The molecule has 2 fully saturated rings. The minimum atomic E-state index is -0.973. The van der Waals surface area contributed by atoms with Crippen molar-refractivity contribution in [2.24, 2.45) is 0 Å². The largest absolute Gasteiger partial charge is 0.482 e. The maximum absolute atomic E-state index is 13.1. The highest BCUT2D eigenvalue weighted by molar-refractivity contribution is 6.35. The number of hydrogen-bond donors (Lipinski definition) is 1. The van der Waals surface area contributed by atoms with Crippen LogP contribution in [0.1, 0.15) is 39.0 Å². The molecule has 0 bridgehead atoms. The predicted molar refractivity (Wildman–Crippen MR) is 150 cm³/mol. The minimum absolute atomic E-state index is 0.0171. The smallest absolute Gasteiger partial charge is 0.335 e. The first-order valence-corrected chi connectivity index (χ1v) is 14.0. The lowest BCUT2D eigenvalue weighted by molar-refractivity contribution is -0.0592. The number of carbonyl (C=O) groups is 2. The van der Waals surface area contributed by atoms with Crippen molar-refractivity contribution in [2.75, 3.05) is 32.8 Å². The highest BCUT2D eigenvalue weighted by Crippen LogP contribution is 2.28. The molecule has 2 aromatic carbocycles. The van der Waals surface area contributed by atoms with E-state index in [0.29, 0.717) is 55.1 Å². The Morgan fingerprint density at radius 3 is 2.61 bits per heavy atom. The van der Waals surface area contributed by atoms with Crippen LogP contribution in [0.3, 0.4) is 0 Å². The van der Waals surface area contributed by atoms with Crippen LogP contribution in [0.25, 0.3) is 11.0 Å². The summed E-state index contributed by atoms with van der Waals surface area (Å²) in [6.07, 6.45) is 2.46. The van der Waals surface area contributed by atoms with E-state index < -0.39 is 5.97 Å². The van der Waals surface area contributed by atoms with Crippen molar-refractivity contribution in [1.82, 2.24) is 24.3 Å². The van der Waals surface area contributed by atoms with Crippen molar-refractivity contribution in [3.8, 4) is 5.75 Å². The maximum atomic E-state index is 13.1. The van der Waals surface area contributed by atoms with Gasteiger partial charge in [0.15, 0.2) is 6.61 Å². The monoisotopic (exact) mass is 599 g/mol. The van der Waals surface area contributed by atoms with Crippen LogP contribution in [0.5, 0.6) is 5.75 Å². The fourth-order valence-corrected chi connectivity index (χ4v) is 5.40. The van der Waals surface area contributed by atoms with Gasteiger partial charge >= 0.3 is 5.97 Å². The van der Waals surface area contributed by atoms with Gasteiger partial charge in [0.2, 0.25) is 11.7 Å². The van der Waals surface area contributed by atoms with E-state index in [1.54, 1.807) is 41.3 Å². The van der Waals surface area contributed by atoms with Crippen LogP contribution in [0.2, 0.25) is 10.0 Å². The summed E-state index contributed by atoms with van der Waals surface area (Å²) in [5, 5.41) is 10.3. The van der Waals surface area contributed by atoms with Gasteiger partial charge in [-0.25, -0.2) is 14.8 Å². The van der Waals surface area contributed by atoms with Crippen molar-refractivity contribution in [3.05, 3.63) is 75.7 Å². The van der Waals surface area contributed by atoms with E-state index >= 15 is 0 Å². The molecule has 0 aliphatic carbocycles. The molecule has 0 spiro atoms. The van der Waals surface area contributed by atoms with Gasteiger partial charge < -0.3 is 28.5 Å². The third kappa shape index (κ3) is 6.03. The average Bonchev–Trinajstić information content (AvgIpc) is 3.54. The number of piperazine rings is 1. The minimum Gasteiger partial charge on any atom is -0.482 e. The summed E-state index contributed by atoms with van der Waals surface area (Å²) in [6.45, 7) is 4.27. The number of benzene rings is 2. The van der Waals surface area contributed by atoms with Crippen molar-refractivity contribution in [1.29, 1.82) is 0 Å². The summed E-state index contributed by atoms with van der Waals surface area (Å²) in [5.74, 6) is 0.490. The van der Waals surface area contributed by atoms with Gasteiger partial charge in [0, 0.05) is 37.8 Å². The Morgan fingerprint density at radius 1 is 1.10 bits per heavy atom. The number of halogens is 2. The fraction of sp³-hybridized carbons (Fsp3) is 0.357. The molecule has 11 nitrogen and oxygen atoms in total. The lowest BCUT2D eigenvalue weighted by Gasteiger charge is -2.34. The van der Waals surface area contributed by atoms with E-state index in [1.165, 1.54) is 6.20 Å². The molecule has 2 aromatic heterocycles. The summed E-state index contributed by atoms with van der Waals surface area (Å²) in [7, 11) is 0. The molecule has 214 valence electrons. The Hall–Kier alpha value is -3.64. The second-order valence-electron chi connectivity index (χ2n) is 9.98. The van der Waals surface area contributed by atoms with Crippen molar-refractivity contribution in [3.63, 3.8) is 0 Å². The highest BCUT2D eigenvalue weighted by atomic mass is 35.5. The number of fused-ring (bicyclic) bond motifs is 1. The molecule has 1 atom stereocenters. The zero-order chi connectivity index (χ0) is 28.5. The second-order valence-corrected chi connectivity index (χ2v) is 10.8. The van der Waals surface area contributed by atoms with Crippen molar-refractivity contribution >= 4 is 46.1 Å². The number of hydrogen-bond acceptors (Lipinski definition) is 8. The zero-order valence-electron chi connectivity index (χ0n) is 22.0. The van der Waals surface area contributed by atoms with E-state index in [1.807, 2.05) is 0 Å². The van der Waals surface area contributed by atoms with Crippen LogP contribution >= 0.6 is 23.2 Å². The lowest BCUT2D eigenvalue weighted by Crippen LogP contribution is -2.48. The Balaban J connectivity index is 1.07. The Kier molecular flexibility index (Phi) is 7.85. The maximum Gasteiger partial charge on any atom is 0.335 e. The second kappa shape index (κ2) is 11.7. The molecule has 2 aliphatic rings. The molecule has 0 radical (unpaired) electrons. The normalized spacial score (nSPS) is 17.5. The van der Waals surface area contributed by atoms with E-state index in [0.717, 1.165) is 29.9 Å². The highest BCUT2D eigenvalue weighted by Gasteiger charge is 2.27. The molecule has 4 aromatic rings. The topological polar surface area (TPSA) is 123 Å². The Labute approximate surface area is 245 Å². The van der Waals surface area contributed by atoms with Crippen LogP contribution in [0.4, 0.5) is 0 Å². The number of ether oxygens (including phenoxy) is 2. The van der Waals surface area contributed by atoms with Crippen LogP contribution in [0.15, 0.2) is 47.0 Å². The SMILES string of the molecule is O=C(O)c1ccc2nc(CN3CCN(C(=O)c4cnc(COc5ccc(Cl)cc5Cl)o4)CC3)n(CC3CCO3)c2c1. The molecule has 1 unspecified atom stereocenters. The number of aromatic nitrogens is 3. The molecule has 0 saturated carbocycles. The molecule has 2 saturated heterocycles. The lowest BCUT2D eigenvalue weighted by atomic mass is 10.1. The van der Waals surface area contributed by atoms with E-state index in [2.05, 4.69) is 14.5 Å². The number of nitrogens with zero attached hydrogens (tertiary/aromatic N) is 5. The Morgan fingerprint density at radius 2 is 1.90 bits per heavy atom. The van der Waals surface area contributed by atoms with Gasteiger partial charge in [-0.05, 0) is 42.8 Å². The number of aromatic carboxylic acids is 1. The summed E-state index contributed by atoms with van der Waals surface area (Å²) in [6, 6.07) is 9.89.